The van der Waals surface area contributed by atoms with Crippen LogP contribution in [0.4, 0.5) is 0 Å². The van der Waals surface area contributed by atoms with E-state index in [9.17, 15) is 0 Å². The molecule has 100 valence electrons. The minimum absolute atomic E-state index is 0.793. The third kappa shape index (κ3) is 2.75. The molecule has 0 aromatic carbocycles. The number of likely N-dealkylation sites (tertiary alicyclic amines) is 1. The fourth-order valence-corrected chi connectivity index (χ4v) is 3.35. The van der Waals surface area contributed by atoms with E-state index in [0.717, 1.165) is 30.0 Å². The van der Waals surface area contributed by atoms with Gasteiger partial charge in [0.2, 0.25) is 0 Å². The molecule has 4 heteroatoms. The van der Waals surface area contributed by atoms with Gasteiger partial charge in [-0.2, -0.15) is 0 Å². The molecule has 0 bridgehead atoms. The van der Waals surface area contributed by atoms with Crippen molar-refractivity contribution in [1.82, 2.24) is 15.4 Å². The molecule has 0 radical (unpaired) electrons. The van der Waals surface area contributed by atoms with Crippen molar-refractivity contribution < 1.29 is 4.52 Å². The molecule has 2 saturated heterocycles. The molecule has 0 spiro atoms. The van der Waals surface area contributed by atoms with E-state index in [-0.39, 0.29) is 0 Å². The van der Waals surface area contributed by atoms with E-state index in [0.29, 0.717) is 0 Å². The molecular weight excluding hydrogens is 226 g/mol. The van der Waals surface area contributed by atoms with Gasteiger partial charge in [-0.15, -0.1) is 0 Å². The number of aromatic nitrogens is 1. The lowest BCUT2D eigenvalue weighted by Crippen LogP contribution is -2.40. The van der Waals surface area contributed by atoms with Gasteiger partial charge in [-0.05, 0) is 58.2 Å². The topological polar surface area (TPSA) is 41.3 Å². The molecule has 0 aliphatic carbocycles. The Morgan fingerprint density at radius 3 is 2.83 bits per heavy atom. The molecule has 3 rings (SSSR count). The lowest BCUT2D eigenvalue weighted by atomic mass is 9.88. The maximum Gasteiger partial charge on any atom is 0.133 e. The fourth-order valence-electron chi connectivity index (χ4n) is 3.35. The minimum atomic E-state index is 0.793. The van der Waals surface area contributed by atoms with Gasteiger partial charge in [0.1, 0.15) is 5.76 Å². The van der Waals surface area contributed by atoms with E-state index in [1.54, 1.807) is 0 Å². The second-order valence-corrected chi connectivity index (χ2v) is 5.75. The molecule has 3 heterocycles. The van der Waals surface area contributed by atoms with Gasteiger partial charge < -0.3 is 9.84 Å². The van der Waals surface area contributed by atoms with Gasteiger partial charge in [0.05, 0.1) is 5.69 Å². The lowest BCUT2D eigenvalue weighted by Gasteiger charge is -2.34. The van der Waals surface area contributed by atoms with Crippen LogP contribution in [0.3, 0.4) is 0 Å². The predicted octanol–water partition coefficient (Wildman–Crippen LogP) is 1.95. The van der Waals surface area contributed by atoms with E-state index >= 15 is 0 Å². The van der Waals surface area contributed by atoms with Crippen LogP contribution in [0.25, 0.3) is 0 Å². The zero-order valence-electron chi connectivity index (χ0n) is 11.2. The highest BCUT2D eigenvalue weighted by Gasteiger charge is 2.28. The number of hydrogen-bond donors (Lipinski definition) is 1. The van der Waals surface area contributed by atoms with Crippen LogP contribution in [0.2, 0.25) is 0 Å². The molecule has 1 aromatic heterocycles. The van der Waals surface area contributed by atoms with Crippen LogP contribution in [0.15, 0.2) is 10.6 Å². The van der Waals surface area contributed by atoms with Crippen LogP contribution in [0.5, 0.6) is 0 Å². The van der Waals surface area contributed by atoms with Crippen molar-refractivity contribution in [2.45, 2.75) is 45.2 Å². The Morgan fingerprint density at radius 2 is 2.22 bits per heavy atom. The fraction of sp³-hybridized carbons (Fsp3) is 0.786. The zero-order valence-corrected chi connectivity index (χ0v) is 11.2. The third-order valence-corrected chi connectivity index (χ3v) is 4.36. The summed E-state index contributed by atoms with van der Waals surface area (Å²) >= 11 is 0. The van der Waals surface area contributed by atoms with Gasteiger partial charge in [0.25, 0.3) is 0 Å². The summed E-state index contributed by atoms with van der Waals surface area (Å²) < 4.78 is 5.12. The van der Waals surface area contributed by atoms with Crippen molar-refractivity contribution in [3.63, 3.8) is 0 Å². The Bertz CT molecular complexity index is 376. The predicted molar refractivity (Wildman–Crippen MR) is 70.3 cm³/mol. The lowest BCUT2D eigenvalue weighted by molar-refractivity contribution is 0.154. The molecule has 2 aliphatic heterocycles. The van der Waals surface area contributed by atoms with Crippen LogP contribution in [0.1, 0.15) is 37.1 Å². The summed E-state index contributed by atoms with van der Waals surface area (Å²) in [7, 11) is 0. The summed E-state index contributed by atoms with van der Waals surface area (Å²) in [5.41, 5.74) is 1.07. The van der Waals surface area contributed by atoms with E-state index in [4.69, 9.17) is 4.52 Å². The molecule has 2 fully saturated rings. The molecular formula is C14H23N3O. The average Bonchev–Trinajstić information content (AvgIpc) is 3.02. The van der Waals surface area contributed by atoms with Gasteiger partial charge in [0.15, 0.2) is 0 Å². The second-order valence-electron chi connectivity index (χ2n) is 5.75. The van der Waals surface area contributed by atoms with Gasteiger partial charge in [-0.25, -0.2) is 0 Å². The standard InChI is InChI=1S/C14H23N3O/c1-11-9-13(16-18-11)10-17-7-4-12(5-8-17)14-3-2-6-15-14/h9,12,14-15H,2-8,10H2,1H3. The van der Waals surface area contributed by atoms with Gasteiger partial charge >= 0.3 is 0 Å². The quantitative estimate of drug-likeness (QED) is 0.889. The van der Waals surface area contributed by atoms with Crippen molar-refractivity contribution in [2.24, 2.45) is 5.92 Å². The maximum absolute atomic E-state index is 5.12. The maximum atomic E-state index is 5.12. The van der Waals surface area contributed by atoms with Crippen LogP contribution in [0, 0.1) is 12.8 Å². The Hall–Kier alpha value is -0.870. The summed E-state index contributed by atoms with van der Waals surface area (Å²) in [6, 6.07) is 2.84. The Kier molecular flexibility index (Phi) is 3.66. The number of rotatable bonds is 3. The molecule has 0 amide bonds. The Balaban J connectivity index is 1.47. The van der Waals surface area contributed by atoms with E-state index in [1.807, 2.05) is 13.0 Å². The summed E-state index contributed by atoms with van der Waals surface area (Å²) in [4.78, 5) is 2.50. The molecule has 1 aromatic rings. The monoisotopic (exact) mass is 249 g/mol. The van der Waals surface area contributed by atoms with Crippen LogP contribution in [-0.4, -0.2) is 35.7 Å². The van der Waals surface area contributed by atoms with Gasteiger partial charge in [0, 0.05) is 18.7 Å². The Morgan fingerprint density at radius 1 is 1.39 bits per heavy atom. The van der Waals surface area contributed by atoms with Gasteiger partial charge in [-0.1, -0.05) is 5.16 Å². The summed E-state index contributed by atoms with van der Waals surface area (Å²) in [5.74, 6) is 1.80. The first-order chi connectivity index (χ1) is 8.81. The van der Waals surface area contributed by atoms with Crippen molar-refractivity contribution >= 4 is 0 Å². The minimum Gasteiger partial charge on any atom is -0.361 e. The molecule has 1 N–H and O–H groups in total. The molecule has 18 heavy (non-hydrogen) atoms. The summed E-state index contributed by atoms with van der Waals surface area (Å²) in [6.45, 7) is 6.53. The molecule has 0 saturated carbocycles. The van der Waals surface area contributed by atoms with Gasteiger partial charge in [-0.3, -0.25) is 4.90 Å². The molecule has 1 unspecified atom stereocenters. The van der Waals surface area contributed by atoms with Crippen molar-refractivity contribution in [3.05, 3.63) is 17.5 Å². The SMILES string of the molecule is Cc1cc(CN2CCC(C3CCCN3)CC2)no1. The largest absolute Gasteiger partial charge is 0.361 e. The van der Waals surface area contributed by atoms with Crippen molar-refractivity contribution in [2.75, 3.05) is 19.6 Å². The summed E-state index contributed by atoms with van der Waals surface area (Å²) in [5, 5.41) is 7.73. The highest BCUT2D eigenvalue weighted by atomic mass is 16.5. The van der Waals surface area contributed by atoms with E-state index < -0.39 is 0 Å². The smallest absolute Gasteiger partial charge is 0.133 e. The van der Waals surface area contributed by atoms with Crippen molar-refractivity contribution in [3.8, 4) is 0 Å². The van der Waals surface area contributed by atoms with E-state index in [2.05, 4.69) is 15.4 Å². The average molecular weight is 249 g/mol. The first-order valence-electron chi connectivity index (χ1n) is 7.19. The molecule has 1 atom stereocenters. The number of nitrogens with zero attached hydrogens (tertiary/aromatic N) is 2. The molecule has 4 nitrogen and oxygen atoms in total. The van der Waals surface area contributed by atoms with Crippen LogP contribution < -0.4 is 5.32 Å². The second kappa shape index (κ2) is 5.41. The third-order valence-electron chi connectivity index (χ3n) is 4.36. The normalized spacial score (nSPS) is 26.8. The number of hydrogen-bond acceptors (Lipinski definition) is 4. The Labute approximate surface area is 109 Å². The summed E-state index contributed by atoms with van der Waals surface area (Å²) in [6.07, 6.45) is 5.40. The highest BCUT2D eigenvalue weighted by Crippen LogP contribution is 2.26. The number of piperidine rings is 1. The number of nitrogens with one attached hydrogen (secondary N) is 1. The van der Waals surface area contributed by atoms with Crippen LogP contribution in [-0.2, 0) is 6.54 Å². The zero-order chi connectivity index (χ0) is 12.4. The van der Waals surface area contributed by atoms with E-state index in [1.165, 1.54) is 45.3 Å². The highest BCUT2D eigenvalue weighted by molar-refractivity contribution is 5.03. The first-order valence-corrected chi connectivity index (χ1v) is 7.19. The number of aryl methyl sites for hydroxylation is 1. The molecule has 2 aliphatic rings. The first kappa shape index (κ1) is 12.2. The van der Waals surface area contributed by atoms with Crippen LogP contribution >= 0.6 is 0 Å². The van der Waals surface area contributed by atoms with Crippen molar-refractivity contribution in [1.29, 1.82) is 0 Å².